The van der Waals surface area contributed by atoms with Gasteiger partial charge in [-0.2, -0.15) is 0 Å². The minimum atomic E-state index is -3.29. The number of fused-ring (bicyclic) bond motifs is 1. The van der Waals surface area contributed by atoms with Gasteiger partial charge in [-0.1, -0.05) is 6.07 Å². The number of amides is 1. The number of carbonyl (C=O) groups is 1. The first-order chi connectivity index (χ1) is 12.2. The second-order valence-corrected chi connectivity index (χ2v) is 10.2. The molecular weight excluding hydrogens is 370 g/mol. The average molecular weight is 392 g/mol. The van der Waals surface area contributed by atoms with Crippen molar-refractivity contribution in [3.05, 3.63) is 28.6 Å². The molecule has 138 valence electrons. The molecule has 6 nitrogen and oxygen atoms in total. The van der Waals surface area contributed by atoms with Crippen molar-refractivity contribution in [2.75, 3.05) is 15.9 Å². The monoisotopic (exact) mass is 391 g/mol. The first-order valence-electron chi connectivity index (χ1n) is 8.65. The van der Waals surface area contributed by atoms with E-state index in [1.54, 1.807) is 0 Å². The smallest absolute Gasteiger partial charge is 0.232 e. The van der Waals surface area contributed by atoms with Crippen LogP contribution in [-0.4, -0.2) is 31.6 Å². The second kappa shape index (κ2) is 6.06. The molecule has 1 aromatic heterocycles. The Hall–Kier alpha value is -1.93. The molecule has 1 amide bonds. The third-order valence-corrected chi connectivity index (χ3v) is 7.00. The highest BCUT2D eigenvalue weighted by Gasteiger charge is 2.33. The van der Waals surface area contributed by atoms with Gasteiger partial charge in [0.15, 0.2) is 5.13 Å². The van der Waals surface area contributed by atoms with Gasteiger partial charge in [-0.15, -0.1) is 11.3 Å². The first kappa shape index (κ1) is 17.5. The highest BCUT2D eigenvalue weighted by molar-refractivity contribution is 7.92. The molecule has 4 rings (SSSR count). The molecule has 1 N–H and O–H groups in total. The van der Waals surface area contributed by atoms with Gasteiger partial charge in [0.25, 0.3) is 0 Å². The summed E-state index contributed by atoms with van der Waals surface area (Å²) in [4.78, 5) is 17.6. The molecule has 1 atom stereocenters. The summed E-state index contributed by atoms with van der Waals surface area (Å²) < 4.78 is 25.6. The predicted octanol–water partition coefficient (Wildman–Crippen LogP) is 3.18. The first-order valence-corrected chi connectivity index (χ1v) is 11.3. The number of aryl methyl sites for hydroxylation is 1. The maximum absolute atomic E-state index is 12.1. The van der Waals surface area contributed by atoms with Crippen LogP contribution in [0.2, 0.25) is 0 Å². The van der Waals surface area contributed by atoms with Crippen molar-refractivity contribution in [2.24, 2.45) is 5.92 Å². The molecule has 2 aromatic rings. The minimum Gasteiger partial charge on any atom is -0.302 e. The van der Waals surface area contributed by atoms with Crippen LogP contribution in [0.15, 0.2) is 18.2 Å². The van der Waals surface area contributed by atoms with E-state index in [4.69, 9.17) is 0 Å². The number of carbonyl (C=O) groups excluding carboxylic acids is 1. The maximum Gasteiger partial charge on any atom is 0.232 e. The number of nitrogens with zero attached hydrogens (tertiary/aromatic N) is 2. The second-order valence-electron chi connectivity index (χ2n) is 7.14. The highest BCUT2D eigenvalue weighted by Crippen LogP contribution is 2.39. The van der Waals surface area contributed by atoms with Crippen molar-refractivity contribution in [1.29, 1.82) is 0 Å². The molecule has 1 saturated carbocycles. The van der Waals surface area contributed by atoms with Crippen LogP contribution in [0.25, 0.3) is 11.3 Å². The number of benzene rings is 1. The standard InChI is InChI=1S/C18H21N3O3S2/c1-10-8-14-9-13(6-7-15(14)21(10)26(3,23)24)16-11(2)25-18(19-16)20-17(22)12-4-5-12/h6-7,9-10,12H,4-5,8H2,1-3H3,(H,19,20,22)/t10-/m0/s1. The van der Waals surface area contributed by atoms with E-state index < -0.39 is 10.0 Å². The minimum absolute atomic E-state index is 0.0527. The Kier molecular flexibility index (Phi) is 4.07. The van der Waals surface area contributed by atoms with E-state index in [9.17, 15) is 13.2 Å². The van der Waals surface area contributed by atoms with Crippen molar-refractivity contribution >= 4 is 38.1 Å². The van der Waals surface area contributed by atoms with E-state index in [-0.39, 0.29) is 17.9 Å². The van der Waals surface area contributed by atoms with Gasteiger partial charge in [0, 0.05) is 22.4 Å². The van der Waals surface area contributed by atoms with Crippen LogP contribution in [0.4, 0.5) is 10.8 Å². The van der Waals surface area contributed by atoms with Gasteiger partial charge in [-0.25, -0.2) is 13.4 Å². The van der Waals surface area contributed by atoms with Crippen LogP contribution in [0.5, 0.6) is 0 Å². The van der Waals surface area contributed by atoms with Gasteiger partial charge < -0.3 is 5.32 Å². The van der Waals surface area contributed by atoms with Crippen LogP contribution in [0, 0.1) is 12.8 Å². The van der Waals surface area contributed by atoms with E-state index in [0.717, 1.165) is 40.2 Å². The fourth-order valence-electron chi connectivity index (χ4n) is 3.53. The molecule has 1 aliphatic carbocycles. The van der Waals surface area contributed by atoms with Crippen molar-refractivity contribution in [3.8, 4) is 11.3 Å². The van der Waals surface area contributed by atoms with Crippen LogP contribution >= 0.6 is 11.3 Å². The molecule has 1 aromatic carbocycles. The van der Waals surface area contributed by atoms with Gasteiger partial charge in [0.05, 0.1) is 17.6 Å². The van der Waals surface area contributed by atoms with Gasteiger partial charge in [0.1, 0.15) is 0 Å². The zero-order valence-corrected chi connectivity index (χ0v) is 16.6. The van der Waals surface area contributed by atoms with Crippen molar-refractivity contribution in [1.82, 2.24) is 4.98 Å². The quantitative estimate of drug-likeness (QED) is 0.868. The van der Waals surface area contributed by atoms with E-state index in [0.29, 0.717) is 11.6 Å². The van der Waals surface area contributed by atoms with Crippen LogP contribution in [0.1, 0.15) is 30.2 Å². The lowest BCUT2D eigenvalue weighted by Crippen LogP contribution is -2.34. The maximum atomic E-state index is 12.1. The Balaban J connectivity index is 1.65. The molecule has 2 aliphatic rings. The molecule has 8 heteroatoms. The van der Waals surface area contributed by atoms with Crippen LogP contribution in [0.3, 0.4) is 0 Å². The molecular formula is C18H21N3O3S2. The van der Waals surface area contributed by atoms with E-state index >= 15 is 0 Å². The average Bonchev–Trinajstić information content (AvgIpc) is 3.24. The predicted molar refractivity (Wildman–Crippen MR) is 104 cm³/mol. The fourth-order valence-corrected chi connectivity index (χ4v) is 5.63. The number of thiazole rings is 1. The summed E-state index contributed by atoms with van der Waals surface area (Å²) in [7, 11) is -3.29. The molecule has 26 heavy (non-hydrogen) atoms. The number of aromatic nitrogens is 1. The summed E-state index contributed by atoms with van der Waals surface area (Å²) in [6, 6.07) is 5.70. The van der Waals surface area contributed by atoms with Crippen LogP contribution < -0.4 is 9.62 Å². The topological polar surface area (TPSA) is 79.4 Å². The summed E-state index contributed by atoms with van der Waals surface area (Å²) in [6.07, 6.45) is 3.85. The Labute approximate surface area is 157 Å². The molecule has 0 unspecified atom stereocenters. The SMILES string of the molecule is Cc1sc(NC(=O)C2CC2)nc1-c1ccc2c(c1)C[C@H](C)N2S(C)(=O)=O. The number of nitrogens with one attached hydrogen (secondary N) is 1. The molecule has 1 fully saturated rings. The molecule has 0 saturated heterocycles. The largest absolute Gasteiger partial charge is 0.302 e. The zero-order valence-electron chi connectivity index (χ0n) is 14.9. The molecule has 1 aliphatic heterocycles. The third-order valence-electron chi connectivity index (χ3n) is 4.84. The van der Waals surface area contributed by atoms with E-state index in [1.165, 1.54) is 21.9 Å². The van der Waals surface area contributed by atoms with E-state index in [2.05, 4.69) is 10.3 Å². The summed E-state index contributed by atoms with van der Waals surface area (Å²) in [5, 5.41) is 3.53. The normalized spacial score (nSPS) is 19.5. The summed E-state index contributed by atoms with van der Waals surface area (Å²) in [6.45, 7) is 3.90. The van der Waals surface area contributed by atoms with Gasteiger partial charge in [-0.05, 0) is 50.8 Å². The lowest BCUT2D eigenvalue weighted by Gasteiger charge is -2.21. The van der Waals surface area contributed by atoms with Gasteiger partial charge in [-0.3, -0.25) is 9.10 Å². The Morgan fingerprint density at radius 3 is 2.73 bits per heavy atom. The number of anilines is 2. The Morgan fingerprint density at radius 1 is 1.35 bits per heavy atom. The van der Waals surface area contributed by atoms with Gasteiger partial charge >= 0.3 is 0 Å². The number of hydrogen-bond donors (Lipinski definition) is 1. The molecule has 0 spiro atoms. The fraction of sp³-hybridized carbons (Fsp3) is 0.444. The third kappa shape index (κ3) is 3.12. The summed E-state index contributed by atoms with van der Waals surface area (Å²) in [5.41, 5.74) is 3.55. The lowest BCUT2D eigenvalue weighted by molar-refractivity contribution is -0.117. The Morgan fingerprint density at radius 2 is 2.08 bits per heavy atom. The highest BCUT2D eigenvalue weighted by atomic mass is 32.2. The molecule has 2 heterocycles. The van der Waals surface area contributed by atoms with Crippen molar-refractivity contribution in [3.63, 3.8) is 0 Å². The molecule has 0 radical (unpaired) electrons. The number of rotatable bonds is 4. The van der Waals surface area contributed by atoms with E-state index in [1.807, 2.05) is 32.0 Å². The molecule has 0 bridgehead atoms. The number of hydrogen-bond acceptors (Lipinski definition) is 5. The van der Waals surface area contributed by atoms with Crippen molar-refractivity contribution in [2.45, 2.75) is 39.2 Å². The zero-order chi connectivity index (χ0) is 18.6. The van der Waals surface area contributed by atoms with Gasteiger partial charge in [0.2, 0.25) is 15.9 Å². The van der Waals surface area contributed by atoms with Crippen molar-refractivity contribution < 1.29 is 13.2 Å². The van der Waals surface area contributed by atoms with Crippen LogP contribution in [-0.2, 0) is 21.2 Å². The lowest BCUT2D eigenvalue weighted by atomic mass is 10.0. The summed E-state index contributed by atoms with van der Waals surface area (Å²) >= 11 is 1.47. The Bertz CT molecular complexity index is 993. The number of sulfonamides is 1. The summed E-state index contributed by atoms with van der Waals surface area (Å²) in [5.74, 6) is 0.197.